The average molecular weight is 330 g/mol. The number of hydrogen-bond acceptors (Lipinski definition) is 1. The second-order valence-electron chi connectivity index (χ2n) is 7.84. The Labute approximate surface area is 117 Å². The lowest BCUT2D eigenvalue weighted by atomic mass is 10.6. The van der Waals surface area contributed by atoms with E-state index in [4.69, 9.17) is 0 Å². The summed E-state index contributed by atoms with van der Waals surface area (Å²) in [5, 5.41) is 0. The number of rotatable bonds is 4. The number of carbonyl (C=O) groups excluding carboxylic acids is 1. The Hall–Kier alpha value is -0.0894. The Balaban J connectivity index is 5.41. The molecule has 0 rings (SSSR count). The Bertz CT molecular complexity index is 329. The molecule has 1 amide bonds. The van der Waals surface area contributed by atoms with E-state index >= 15 is 0 Å². The van der Waals surface area contributed by atoms with Crippen molar-refractivity contribution in [2.75, 3.05) is 0 Å². The van der Waals surface area contributed by atoms with Gasteiger partial charge in [0.15, 0.2) is 0 Å². The number of nitrogens with one attached hydrogen (secondary N) is 1. The van der Waals surface area contributed by atoms with Crippen molar-refractivity contribution in [3.05, 3.63) is 0 Å². The lowest BCUT2D eigenvalue weighted by Crippen LogP contribution is -2.66. The fourth-order valence-electron chi connectivity index (χ4n) is 3.90. The SMILES string of the molecule is C[Si](C)(C)C([Si](C)(C)C)[Si](C)(C)NC(=O)C(F)(F)F. The molecule has 0 aliphatic heterocycles. The van der Waals surface area contributed by atoms with Gasteiger partial charge in [0, 0.05) is 16.1 Å². The zero-order valence-corrected chi connectivity index (χ0v) is 16.1. The Morgan fingerprint density at radius 2 is 1.21 bits per heavy atom. The van der Waals surface area contributed by atoms with Crippen molar-refractivity contribution in [3.63, 3.8) is 0 Å². The molecule has 114 valence electrons. The van der Waals surface area contributed by atoms with Gasteiger partial charge in [0.25, 0.3) is 0 Å². The molecule has 8 heteroatoms. The van der Waals surface area contributed by atoms with Crippen LogP contribution < -0.4 is 4.98 Å². The highest BCUT2D eigenvalue weighted by molar-refractivity contribution is 7.12. The van der Waals surface area contributed by atoms with Gasteiger partial charge in [-0.25, -0.2) is 0 Å². The normalized spacial score (nSPS) is 14.7. The predicted molar refractivity (Wildman–Crippen MR) is 82.1 cm³/mol. The Morgan fingerprint density at radius 3 is 1.42 bits per heavy atom. The summed E-state index contributed by atoms with van der Waals surface area (Å²) in [6, 6.07) is 0. The highest BCUT2D eigenvalue weighted by atomic mass is 28.5. The van der Waals surface area contributed by atoms with Crippen LogP contribution >= 0.6 is 0 Å². The Kier molecular flexibility index (Phi) is 5.34. The Morgan fingerprint density at radius 1 is 0.895 bits per heavy atom. The van der Waals surface area contributed by atoms with E-state index in [0.717, 1.165) is 0 Å². The van der Waals surface area contributed by atoms with Crippen LogP contribution in [0.3, 0.4) is 0 Å². The molecule has 0 aromatic rings. The van der Waals surface area contributed by atoms with Crippen LogP contribution in [0.15, 0.2) is 0 Å². The molecule has 0 unspecified atom stereocenters. The van der Waals surface area contributed by atoms with Gasteiger partial charge in [0.05, 0.1) is 0 Å². The number of carbonyl (C=O) groups is 1. The number of alkyl halides is 3. The minimum absolute atomic E-state index is 0.291. The summed E-state index contributed by atoms with van der Waals surface area (Å²) < 4.78 is 37.4. The van der Waals surface area contributed by atoms with Gasteiger partial charge < -0.3 is 4.98 Å². The molecule has 0 bridgehead atoms. The van der Waals surface area contributed by atoms with Gasteiger partial charge in [0.1, 0.15) is 8.24 Å². The van der Waals surface area contributed by atoms with E-state index in [2.05, 4.69) is 44.3 Å². The van der Waals surface area contributed by atoms with Crippen LogP contribution in [0, 0.1) is 0 Å². The van der Waals surface area contributed by atoms with Crippen molar-refractivity contribution in [2.24, 2.45) is 0 Å². The number of hydrogen-bond donors (Lipinski definition) is 1. The van der Waals surface area contributed by atoms with E-state index in [1.807, 2.05) is 13.1 Å². The van der Waals surface area contributed by atoms with Crippen molar-refractivity contribution >= 4 is 30.3 Å². The van der Waals surface area contributed by atoms with Gasteiger partial charge in [-0.2, -0.15) is 13.2 Å². The fraction of sp³-hybridized carbons (Fsp3) is 0.909. The maximum absolute atomic E-state index is 12.5. The van der Waals surface area contributed by atoms with Crippen molar-refractivity contribution < 1.29 is 18.0 Å². The van der Waals surface area contributed by atoms with Crippen LogP contribution in [0.1, 0.15) is 0 Å². The molecule has 19 heavy (non-hydrogen) atoms. The summed E-state index contributed by atoms with van der Waals surface area (Å²) in [5.41, 5.74) is 0. The molecule has 0 atom stereocenters. The van der Waals surface area contributed by atoms with Gasteiger partial charge in [-0.1, -0.05) is 52.4 Å². The van der Waals surface area contributed by atoms with Gasteiger partial charge in [-0.3, -0.25) is 4.79 Å². The van der Waals surface area contributed by atoms with Crippen molar-refractivity contribution in [1.29, 1.82) is 0 Å². The molecular weight excluding hydrogens is 303 g/mol. The minimum atomic E-state index is -4.78. The van der Waals surface area contributed by atoms with Crippen LogP contribution in [0.5, 0.6) is 0 Å². The monoisotopic (exact) mass is 329 g/mol. The average Bonchev–Trinajstić information content (AvgIpc) is 1.91. The number of amides is 1. The molecule has 1 N–H and O–H groups in total. The summed E-state index contributed by atoms with van der Waals surface area (Å²) in [7, 11) is -5.76. The van der Waals surface area contributed by atoms with Gasteiger partial charge in [0.2, 0.25) is 0 Å². The first-order valence-corrected chi connectivity index (χ1v) is 16.6. The zero-order valence-electron chi connectivity index (χ0n) is 13.1. The molecule has 0 aromatic heterocycles. The third-order valence-electron chi connectivity index (χ3n) is 3.15. The summed E-state index contributed by atoms with van der Waals surface area (Å²) in [5.74, 6) is -1.77. The molecular formula is C11H26F3NOSi3. The smallest absolute Gasteiger partial charge is 0.375 e. The third kappa shape index (κ3) is 5.42. The van der Waals surface area contributed by atoms with Crippen LogP contribution in [0.4, 0.5) is 13.2 Å². The van der Waals surface area contributed by atoms with Gasteiger partial charge >= 0.3 is 12.1 Å². The second kappa shape index (κ2) is 5.36. The van der Waals surface area contributed by atoms with Crippen LogP contribution in [-0.4, -0.2) is 36.5 Å². The second-order valence-corrected chi connectivity index (χ2v) is 24.5. The summed E-state index contributed by atoms with van der Waals surface area (Å²) in [6.07, 6.45) is -4.78. The van der Waals surface area contributed by atoms with Crippen LogP contribution in [0.2, 0.25) is 57.2 Å². The third-order valence-corrected chi connectivity index (χ3v) is 23.6. The molecule has 0 aliphatic carbocycles. The van der Waals surface area contributed by atoms with Crippen LogP contribution in [0.25, 0.3) is 0 Å². The molecule has 2 nitrogen and oxygen atoms in total. The van der Waals surface area contributed by atoms with E-state index in [-0.39, 0.29) is 0 Å². The van der Waals surface area contributed by atoms with Crippen molar-refractivity contribution in [3.8, 4) is 0 Å². The highest BCUT2D eigenvalue weighted by Crippen LogP contribution is 2.39. The molecule has 0 aromatic carbocycles. The first-order chi connectivity index (χ1) is 7.99. The molecule has 0 spiro atoms. The lowest BCUT2D eigenvalue weighted by Gasteiger charge is -2.47. The lowest BCUT2D eigenvalue weighted by molar-refractivity contribution is -0.171. The number of halogens is 3. The largest absolute Gasteiger partial charge is 0.470 e. The quantitative estimate of drug-likeness (QED) is 0.776. The summed E-state index contributed by atoms with van der Waals surface area (Å²) in [6.45, 7) is 16.8. The minimum Gasteiger partial charge on any atom is -0.375 e. The van der Waals surface area contributed by atoms with E-state index in [9.17, 15) is 18.0 Å². The summed E-state index contributed by atoms with van der Waals surface area (Å²) >= 11 is 0. The van der Waals surface area contributed by atoms with E-state index in [1.165, 1.54) is 0 Å². The highest BCUT2D eigenvalue weighted by Gasteiger charge is 2.51. The molecule has 0 radical (unpaired) electrons. The molecule has 0 heterocycles. The van der Waals surface area contributed by atoms with Crippen molar-refractivity contribution in [1.82, 2.24) is 4.98 Å². The van der Waals surface area contributed by atoms with E-state index in [1.54, 1.807) is 0 Å². The van der Waals surface area contributed by atoms with E-state index < -0.39 is 36.5 Å². The maximum Gasteiger partial charge on any atom is 0.470 e. The molecule has 0 fully saturated rings. The van der Waals surface area contributed by atoms with Gasteiger partial charge in [-0.05, 0) is 4.79 Å². The maximum atomic E-state index is 12.5. The molecule has 0 saturated heterocycles. The fourth-order valence-corrected chi connectivity index (χ4v) is 32.9. The first-order valence-electron chi connectivity index (χ1n) is 6.39. The van der Waals surface area contributed by atoms with E-state index in [0.29, 0.717) is 4.79 Å². The topological polar surface area (TPSA) is 29.1 Å². The standard InChI is InChI=1S/C11H26F3NOSi3/c1-17(2,3)10(18(4,5)6)19(7,8)15-9(16)11(12,13)14/h10H,1-8H3,(H,15,16). The zero-order chi connectivity index (χ0) is 15.9. The van der Waals surface area contributed by atoms with Gasteiger partial charge in [-0.15, -0.1) is 0 Å². The summed E-state index contributed by atoms with van der Waals surface area (Å²) in [4.78, 5) is 13.9. The first kappa shape index (κ1) is 18.9. The molecule has 0 saturated carbocycles. The van der Waals surface area contributed by atoms with Crippen molar-refractivity contribution in [2.45, 2.75) is 63.3 Å². The molecule has 0 aliphatic rings. The van der Waals surface area contributed by atoms with Crippen LogP contribution in [-0.2, 0) is 4.79 Å². The predicted octanol–water partition coefficient (Wildman–Crippen LogP) is 4.00.